The van der Waals surface area contributed by atoms with Crippen molar-refractivity contribution in [3.05, 3.63) is 35.5 Å². The molecule has 164 valence electrons. The molecule has 3 aliphatic rings. The van der Waals surface area contributed by atoms with Crippen molar-refractivity contribution >= 4 is 0 Å². The van der Waals surface area contributed by atoms with Crippen LogP contribution in [0.5, 0.6) is 0 Å². The van der Waals surface area contributed by atoms with Gasteiger partial charge < -0.3 is 15.3 Å². The highest BCUT2D eigenvalue weighted by molar-refractivity contribution is 5.26. The number of fused-ring (bicyclic) bond motifs is 1. The third-order valence-electron chi connectivity index (χ3n) is 7.80. The second-order valence-corrected chi connectivity index (χ2v) is 10.9. The summed E-state index contributed by atoms with van der Waals surface area (Å²) < 4.78 is 0. The molecule has 3 N–H and O–H groups in total. The van der Waals surface area contributed by atoms with E-state index in [4.69, 9.17) is 0 Å². The van der Waals surface area contributed by atoms with Crippen molar-refractivity contribution < 1.29 is 15.3 Å². The SMILES string of the molecule is C[C@H](/C=C/CC(C)(C)O)[C@H]1CC[C@H]2/C(=C/C=C3C[C@@H](O)C[C@H](O)C3)CCC[C@]12C. The van der Waals surface area contributed by atoms with Crippen LogP contribution in [0.25, 0.3) is 0 Å². The minimum Gasteiger partial charge on any atom is -0.393 e. The van der Waals surface area contributed by atoms with Gasteiger partial charge in [0.2, 0.25) is 0 Å². The van der Waals surface area contributed by atoms with Gasteiger partial charge in [0, 0.05) is 0 Å². The molecule has 0 saturated heterocycles. The van der Waals surface area contributed by atoms with E-state index in [1.807, 2.05) is 13.8 Å². The lowest BCUT2D eigenvalue weighted by Gasteiger charge is -2.44. The third-order valence-corrected chi connectivity index (χ3v) is 7.80. The van der Waals surface area contributed by atoms with Gasteiger partial charge in [-0.2, -0.15) is 0 Å². The van der Waals surface area contributed by atoms with Gasteiger partial charge in [-0.3, -0.25) is 0 Å². The largest absolute Gasteiger partial charge is 0.393 e. The summed E-state index contributed by atoms with van der Waals surface area (Å²) in [5.74, 6) is 1.88. The predicted octanol–water partition coefficient (Wildman–Crippen LogP) is 5.31. The molecule has 6 atom stereocenters. The van der Waals surface area contributed by atoms with E-state index in [2.05, 4.69) is 38.2 Å². The Kier molecular flexibility index (Phi) is 7.13. The Balaban J connectivity index is 1.71. The molecule has 3 aliphatic carbocycles. The van der Waals surface area contributed by atoms with E-state index in [-0.39, 0.29) is 0 Å². The zero-order valence-corrected chi connectivity index (χ0v) is 18.9. The van der Waals surface area contributed by atoms with E-state index in [1.165, 1.54) is 37.7 Å². The van der Waals surface area contributed by atoms with E-state index in [0.29, 0.717) is 48.9 Å². The number of hydrogen-bond donors (Lipinski definition) is 3. The molecular formula is C26H42O3. The third kappa shape index (κ3) is 5.62. The lowest BCUT2D eigenvalue weighted by Crippen LogP contribution is -2.35. The molecule has 0 aromatic heterocycles. The van der Waals surface area contributed by atoms with Crippen molar-refractivity contribution in [1.29, 1.82) is 0 Å². The van der Waals surface area contributed by atoms with Crippen molar-refractivity contribution in [1.82, 2.24) is 0 Å². The van der Waals surface area contributed by atoms with Crippen LogP contribution in [0, 0.1) is 23.2 Å². The number of rotatable bonds is 5. The summed E-state index contributed by atoms with van der Waals surface area (Å²) >= 11 is 0. The van der Waals surface area contributed by atoms with Gasteiger partial charge in [0.1, 0.15) is 0 Å². The van der Waals surface area contributed by atoms with Gasteiger partial charge in [-0.1, -0.05) is 49.3 Å². The summed E-state index contributed by atoms with van der Waals surface area (Å²) in [4.78, 5) is 0. The molecule has 3 rings (SSSR count). The molecule has 3 nitrogen and oxygen atoms in total. The smallest absolute Gasteiger partial charge is 0.0626 e. The minimum atomic E-state index is -0.632. The Morgan fingerprint density at radius 2 is 1.83 bits per heavy atom. The predicted molar refractivity (Wildman–Crippen MR) is 119 cm³/mol. The van der Waals surface area contributed by atoms with E-state index < -0.39 is 17.8 Å². The molecule has 3 saturated carbocycles. The first kappa shape index (κ1) is 22.8. The molecule has 0 aromatic carbocycles. The van der Waals surface area contributed by atoms with Crippen molar-refractivity contribution in [3.8, 4) is 0 Å². The number of aliphatic hydroxyl groups is 3. The van der Waals surface area contributed by atoms with Crippen LogP contribution in [-0.2, 0) is 0 Å². The average molecular weight is 403 g/mol. The highest BCUT2D eigenvalue weighted by Crippen LogP contribution is 2.59. The highest BCUT2D eigenvalue weighted by Gasteiger charge is 2.50. The van der Waals surface area contributed by atoms with Crippen LogP contribution >= 0.6 is 0 Å². The second-order valence-electron chi connectivity index (χ2n) is 10.9. The van der Waals surface area contributed by atoms with Crippen LogP contribution in [0.1, 0.15) is 85.5 Å². The summed E-state index contributed by atoms with van der Waals surface area (Å²) in [7, 11) is 0. The zero-order valence-electron chi connectivity index (χ0n) is 18.9. The van der Waals surface area contributed by atoms with Crippen molar-refractivity contribution in [3.63, 3.8) is 0 Å². The Hall–Kier alpha value is -0.900. The first-order valence-electron chi connectivity index (χ1n) is 11.7. The quantitative estimate of drug-likeness (QED) is 0.546. The lowest BCUT2D eigenvalue weighted by molar-refractivity contribution is 0.0609. The van der Waals surface area contributed by atoms with Gasteiger partial charge in [0.05, 0.1) is 17.8 Å². The molecule has 0 spiro atoms. The molecule has 29 heavy (non-hydrogen) atoms. The molecule has 0 radical (unpaired) electrons. The molecular weight excluding hydrogens is 360 g/mol. The number of aliphatic hydroxyl groups excluding tert-OH is 2. The van der Waals surface area contributed by atoms with Gasteiger partial charge in [-0.15, -0.1) is 0 Å². The van der Waals surface area contributed by atoms with Gasteiger partial charge in [-0.25, -0.2) is 0 Å². The Labute approximate surface area is 177 Å². The maximum Gasteiger partial charge on any atom is 0.0626 e. The Morgan fingerprint density at radius 1 is 1.14 bits per heavy atom. The summed E-state index contributed by atoms with van der Waals surface area (Å²) in [6.45, 7) is 8.59. The fourth-order valence-corrected chi connectivity index (χ4v) is 6.38. The number of allylic oxidation sites excluding steroid dienone is 4. The zero-order chi connectivity index (χ0) is 21.2. The molecule has 0 amide bonds. The summed E-state index contributed by atoms with van der Waals surface area (Å²) in [6.07, 6.45) is 17.2. The van der Waals surface area contributed by atoms with Gasteiger partial charge in [0.25, 0.3) is 0 Å². The van der Waals surface area contributed by atoms with Gasteiger partial charge in [0.15, 0.2) is 0 Å². The van der Waals surface area contributed by atoms with E-state index in [1.54, 1.807) is 5.57 Å². The molecule has 0 heterocycles. The van der Waals surface area contributed by atoms with Crippen LogP contribution in [0.2, 0.25) is 0 Å². The standard InChI is InChI=1S/C26H42O3/c1-18(7-5-13-25(2,3)29)23-11-12-24-20(8-6-14-26(23,24)4)10-9-19-15-21(27)17-22(28)16-19/h5,7,9-10,18,21-24,27-29H,6,8,11-17H2,1-4H3/b7-5+,20-10+/t18-,21-,22-,23-,24+,26-/m1/s1. The Morgan fingerprint density at radius 3 is 2.48 bits per heavy atom. The van der Waals surface area contributed by atoms with Gasteiger partial charge in [-0.05, 0) is 94.8 Å². The molecule has 0 aliphatic heterocycles. The normalized spacial score (nSPS) is 38.4. The highest BCUT2D eigenvalue weighted by atomic mass is 16.3. The summed E-state index contributed by atoms with van der Waals surface area (Å²) in [5, 5.41) is 29.9. The van der Waals surface area contributed by atoms with Crippen molar-refractivity contribution in [2.45, 2.75) is 103 Å². The topological polar surface area (TPSA) is 60.7 Å². The second kappa shape index (κ2) is 9.08. The maximum absolute atomic E-state index is 9.97. The average Bonchev–Trinajstić information content (AvgIpc) is 2.95. The molecule has 0 bridgehead atoms. The molecule has 3 heteroatoms. The maximum atomic E-state index is 9.97. The fourth-order valence-electron chi connectivity index (χ4n) is 6.38. The number of hydrogen-bond acceptors (Lipinski definition) is 3. The van der Waals surface area contributed by atoms with Crippen LogP contribution in [0.4, 0.5) is 0 Å². The Bertz CT molecular complexity index is 641. The minimum absolute atomic E-state index is 0.354. The first-order chi connectivity index (χ1) is 13.6. The molecule has 0 unspecified atom stereocenters. The van der Waals surface area contributed by atoms with Crippen molar-refractivity contribution in [2.24, 2.45) is 23.2 Å². The van der Waals surface area contributed by atoms with Crippen molar-refractivity contribution in [2.75, 3.05) is 0 Å². The molecule has 0 aromatic rings. The monoisotopic (exact) mass is 402 g/mol. The van der Waals surface area contributed by atoms with Crippen LogP contribution in [0.15, 0.2) is 35.5 Å². The van der Waals surface area contributed by atoms with E-state index >= 15 is 0 Å². The summed E-state index contributed by atoms with van der Waals surface area (Å²) in [6, 6.07) is 0. The van der Waals surface area contributed by atoms with Crippen LogP contribution in [0.3, 0.4) is 0 Å². The summed E-state index contributed by atoms with van der Waals surface area (Å²) in [5.41, 5.74) is 2.49. The van der Waals surface area contributed by atoms with Crippen LogP contribution < -0.4 is 0 Å². The first-order valence-corrected chi connectivity index (χ1v) is 11.7. The van der Waals surface area contributed by atoms with Gasteiger partial charge >= 0.3 is 0 Å². The fraction of sp³-hybridized carbons (Fsp3) is 0.769. The van der Waals surface area contributed by atoms with E-state index in [9.17, 15) is 15.3 Å². The lowest BCUT2D eigenvalue weighted by atomic mass is 9.61. The van der Waals surface area contributed by atoms with E-state index in [0.717, 1.165) is 0 Å². The van der Waals surface area contributed by atoms with Crippen LogP contribution in [-0.4, -0.2) is 33.1 Å². The molecule has 3 fully saturated rings.